The molecule has 0 aromatic heterocycles. The highest BCUT2D eigenvalue weighted by Gasteiger charge is 2.27. The van der Waals surface area contributed by atoms with Gasteiger partial charge in [-0.25, -0.2) is 14.0 Å². The number of rotatable bonds is 2. The zero-order valence-electron chi connectivity index (χ0n) is 10.3. The lowest BCUT2D eigenvalue weighted by molar-refractivity contribution is 0.00610. The molecule has 0 spiro atoms. The Morgan fingerprint density at radius 1 is 1.33 bits per heavy atom. The van der Waals surface area contributed by atoms with Crippen LogP contribution in [0.5, 0.6) is 0 Å². The van der Waals surface area contributed by atoms with E-state index >= 15 is 0 Å². The van der Waals surface area contributed by atoms with Gasteiger partial charge in [-0.1, -0.05) is 0 Å². The number of hydrogen-bond acceptors (Lipinski definition) is 4. The first-order valence-corrected chi connectivity index (χ1v) is 5.18. The van der Waals surface area contributed by atoms with E-state index in [-0.39, 0.29) is 5.69 Å². The number of esters is 1. The molecule has 3 N–H and O–H groups in total. The lowest BCUT2D eigenvalue weighted by Crippen LogP contribution is -2.26. The molecule has 0 unspecified atom stereocenters. The van der Waals surface area contributed by atoms with Crippen LogP contribution in [0, 0.1) is 5.82 Å². The molecular weight excluding hydrogens is 241 g/mol. The molecule has 5 nitrogen and oxygen atoms in total. The lowest BCUT2D eigenvalue weighted by atomic mass is 10.1. The molecule has 1 aromatic rings. The van der Waals surface area contributed by atoms with E-state index in [1.165, 1.54) is 0 Å². The number of carboxylic acids is 1. The molecule has 18 heavy (non-hydrogen) atoms. The number of nitrogen functional groups attached to an aromatic ring is 1. The first kappa shape index (κ1) is 14.0. The average molecular weight is 255 g/mol. The molecule has 0 atom stereocenters. The molecule has 0 saturated carbocycles. The monoisotopic (exact) mass is 255 g/mol. The van der Waals surface area contributed by atoms with Crippen molar-refractivity contribution in [1.29, 1.82) is 0 Å². The van der Waals surface area contributed by atoms with Crippen LogP contribution in [0.1, 0.15) is 41.5 Å². The SMILES string of the molecule is CC(C)(C)OC(=O)c1c(C(=O)O)ccc(N)c1F. The third-order valence-corrected chi connectivity index (χ3v) is 2.01. The third kappa shape index (κ3) is 2.97. The van der Waals surface area contributed by atoms with Gasteiger partial charge in [0.05, 0.1) is 11.3 Å². The Balaban J connectivity index is 3.33. The van der Waals surface area contributed by atoms with Gasteiger partial charge in [-0.15, -0.1) is 0 Å². The maximum absolute atomic E-state index is 13.8. The fourth-order valence-electron chi connectivity index (χ4n) is 1.30. The van der Waals surface area contributed by atoms with Crippen LogP contribution in [0.2, 0.25) is 0 Å². The first-order chi connectivity index (χ1) is 8.13. The Bertz CT molecular complexity index is 506. The van der Waals surface area contributed by atoms with Gasteiger partial charge in [0.15, 0.2) is 5.82 Å². The molecule has 0 saturated heterocycles. The predicted molar refractivity (Wildman–Crippen MR) is 62.9 cm³/mol. The number of anilines is 1. The van der Waals surface area contributed by atoms with Crippen molar-refractivity contribution in [2.45, 2.75) is 26.4 Å². The molecule has 0 bridgehead atoms. The predicted octanol–water partition coefficient (Wildman–Crippen LogP) is 2.06. The molecule has 0 heterocycles. The Hall–Kier alpha value is -2.11. The van der Waals surface area contributed by atoms with E-state index < -0.39 is 34.5 Å². The number of carboxylic acid groups (broad SMARTS) is 1. The van der Waals surface area contributed by atoms with Crippen molar-refractivity contribution in [2.24, 2.45) is 0 Å². The lowest BCUT2D eigenvalue weighted by Gasteiger charge is -2.20. The van der Waals surface area contributed by atoms with Crippen LogP contribution >= 0.6 is 0 Å². The first-order valence-electron chi connectivity index (χ1n) is 5.18. The van der Waals surface area contributed by atoms with Crippen LogP contribution < -0.4 is 5.73 Å². The van der Waals surface area contributed by atoms with E-state index in [1.807, 2.05) is 0 Å². The van der Waals surface area contributed by atoms with Crippen LogP contribution in [0.15, 0.2) is 12.1 Å². The Kier molecular flexibility index (Phi) is 3.59. The minimum atomic E-state index is -1.42. The second-order valence-corrected chi connectivity index (χ2v) is 4.70. The van der Waals surface area contributed by atoms with Crippen molar-refractivity contribution < 1.29 is 23.8 Å². The van der Waals surface area contributed by atoms with Crippen molar-refractivity contribution in [1.82, 2.24) is 0 Å². The number of carbonyl (C=O) groups excluding carboxylic acids is 1. The normalized spacial score (nSPS) is 11.1. The molecule has 0 aliphatic carbocycles. The Morgan fingerprint density at radius 2 is 1.89 bits per heavy atom. The molecule has 0 fully saturated rings. The van der Waals surface area contributed by atoms with E-state index in [2.05, 4.69) is 0 Å². The number of hydrogen-bond donors (Lipinski definition) is 2. The number of benzene rings is 1. The summed E-state index contributed by atoms with van der Waals surface area (Å²) in [4.78, 5) is 22.7. The molecule has 1 rings (SSSR count). The summed E-state index contributed by atoms with van der Waals surface area (Å²) >= 11 is 0. The highest BCUT2D eigenvalue weighted by Crippen LogP contribution is 2.22. The van der Waals surface area contributed by atoms with Crippen molar-refractivity contribution in [2.75, 3.05) is 5.73 Å². The average Bonchev–Trinajstić information content (AvgIpc) is 2.18. The van der Waals surface area contributed by atoms with Gasteiger partial charge in [-0.3, -0.25) is 0 Å². The summed E-state index contributed by atoms with van der Waals surface area (Å²) < 4.78 is 18.7. The largest absolute Gasteiger partial charge is 0.478 e. The van der Waals surface area contributed by atoms with E-state index in [4.69, 9.17) is 15.6 Å². The number of carbonyl (C=O) groups is 2. The van der Waals surface area contributed by atoms with Gasteiger partial charge in [0.2, 0.25) is 0 Å². The zero-order valence-corrected chi connectivity index (χ0v) is 10.3. The van der Waals surface area contributed by atoms with Crippen molar-refractivity contribution in [3.8, 4) is 0 Å². The van der Waals surface area contributed by atoms with Gasteiger partial charge >= 0.3 is 11.9 Å². The van der Waals surface area contributed by atoms with Crippen LogP contribution in [0.4, 0.5) is 10.1 Å². The van der Waals surface area contributed by atoms with Crippen LogP contribution in [-0.2, 0) is 4.74 Å². The van der Waals surface area contributed by atoms with E-state index in [0.717, 1.165) is 12.1 Å². The molecular formula is C12H14FNO4. The van der Waals surface area contributed by atoms with Crippen LogP contribution in [-0.4, -0.2) is 22.6 Å². The third-order valence-electron chi connectivity index (χ3n) is 2.01. The standard InChI is InChI=1S/C12H14FNO4/c1-12(2,3)18-11(17)8-6(10(15)16)4-5-7(14)9(8)13/h4-5H,14H2,1-3H3,(H,15,16). The number of halogens is 1. The van der Waals surface area contributed by atoms with E-state index in [1.54, 1.807) is 20.8 Å². The van der Waals surface area contributed by atoms with Crippen molar-refractivity contribution in [3.63, 3.8) is 0 Å². The van der Waals surface area contributed by atoms with Gasteiger partial charge in [0, 0.05) is 0 Å². The number of ether oxygens (including phenoxy) is 1. The quantitative estimate of drug-likeness (QED) is 0.623. The Morgan fingerprint density at radius 3 is 2.33 bits per heavy atom. The van der Waals surface area contributed by atoms with E-state index in [0.29, 0.717) is 0 Å². The summed E-state index contributed by atoms with van der Waals surface area (Å²) in [5.41, 5.74) is 3.02. The number of aromatic carboxylic acids is 1. The molecule has 98 valence electrons. The maximum atomic E-state index is 13.8. The Labute approximate surface area is 103 Å². The smallest absolute Gasteiger partial charge is 0.342 e. The van der Waals surface area contributed by atoms with Gasteiger partial charge in [-0.05, 0) is 32.9 Å². The summed E-state index contributed by atoms with van der Waals surface area (Å²) in [6, 6.07) is 2.16. The zero-order chi connectivity index (χ0) is 14.1. The molecule has 0 amide bonds. The van der Waals surface area contributed by atoms with Gasteiger partial charge in [-0.2, -0.15) is 0 Å². The molecule has 6 heteroatoms. The fourth-order valence-corrected chi connectivity index (χ4v) is 1.30. The second kappa shape index (κ2) is 4.64. The molecule has 0 aliphatic rings. The van der Waals surface area contributed by atoms with Crippen molar-refractivity contribution >= 4 is 17.6 Å². The summed E-state index contributed by atoms with van der Waals surface area (Å²) in [6.07, 6.45) is 0. The molecule has 0 radical (unpaired) electrons. The molecule has 1 aromatic carbocycles. The second-order valence-electron chi connectivity index (χ2n) is 4.70. The molecule has 0 aliphatic heterocycles. The van der Waals surface area contributed by atoms with Gasteiger partial charge < -0.3 is 15.6 Å². The highest BCUT2D eigenvalue weighted by atomic mass is 19.1. The van der Waals surface area contributed by atoms with Crippen LogP contribution in [0.25, 0.3) is 0 Å². The number of nitrogens with two attached hydrogens (primary N) is 1. The minimum absolute atomic E-state index is 0.305. The maximum Gasteiger partial charge on any atom is 0.342 e. The minimum Gasteiger partial charge on any atom is -0.478 e. The topological polar surface area (TPSA) is 89.6 Å². The van der Waals surface area contributed by atoms with Gasteiger partial charge in [0.25, 0.3) is 0 Å². The van der Waals surface area contributed by atoms with Gasteiger partial charge in [0.1, 0.15) is 11.2 Å². The summed E-state index contributed by atoms with van der Waals surface area (Å²) in [5.74, 6) is -3.55. The van der Waals surface area contributed by atoms with Crippen LogP contribution in [0.3, 0.4) is 0 Å². The summed E-state index contributed by atoms with van der Waals surface area (Å²) in [6.45, 7) is 4.78. The van der Waals surface area contributed by atoms with Crippen molar-refractivity contribution in [3.05, 3.63) is 29.1 Å². The fraction of sp³-hybridized carbons (Fsp3) is 0.333. The summed E-state index contributed by atoms with van der Waals surface area (Å²) in [7, 11) is 0. The van der Waals surface area contributed by atoms with E-state index in [9.17, 15) is 14.0 Å². The summed E-state index contributed by atoms with van der Waals surface area (Å²) in [5, 5.41) is 8.91. The highest BCUT2D eigenvalue weighted by molar-refractivity contribution is 6.03.